The van der Waals surface area contributed by atoms with Gasteiger partial charge in [0.15, 0.2) is 5.96 Å². The summed E-state index contributed by atoms with van der Waals surface area (Å²) in [6, 6.07) is 11.2. The quantitative estimate of drug-likeness (QED) is 0.258. The third kappa shape index (κ3) is 4.75. The summed E-state index contributed by atoms with van der Waals surface area (Å²) in [4.78, 5) is 25.9. The van der Waals surface area contributed by atoms with Gasteiger partial charge in [0.05, 0.1) is 28.3 Å². The van der Waals surface area contributed by atoms with E-state index in [1.807, 2.05) is 4.90 Å². The van der Waals surface area contributed by atoms with Crippen LogP contribution in [-0.4, -0.2) is 55.0 Å². The summed E-state index contributed by atoms with van der Waals surface area (Å²) >= 11 is 6.21. The molecule has 0 aromatic heterocycles. The van der Waals surface area contributed by atoms with Crippen LogP contribution in [0.1, 0.15) is 10.4 Å². The van der Waals surface area contributed by atoms with Crippen LogP contribution in [0.4, 0.5) is 17.1 Å². The topological polar surface area (TPSA) is 112 Å². The molecule has 0 unspecified atom stereocenters. The Morgan fingerprint density at radius 3 is 2.38 bits per heavy atom. The van der Waals surface area contributed by atoms with E-state index in [0.29, 0.717) is 42.5 Å². The van der Waals surface area contributed by atoms with Crippen LogP contribution in [0.5, 0.6) is 0 Å². The molecular weight excluding hydrogens is 398 g/mol. The van der Waals surface area contributed by atoms with Gasteiger partial charge in [0.2, 0.25) is 0 Å². The second-order valence-corrected chi connectivity index (χ2v) is 6.81. The predicted octanol–water partition coefficient (Wildman–Crippen LogP) is 3.20. The van der Waals surface area contributed by atoms with Crippen molar-refractivity contribution >= 4 is 40.6 Å². The van der Waals surface area contributed by atoms with E-state index in [2.05, 4.69) is 15.0 Å². The highest BCUT2D eigenvalue weighted by Crippen LogP contribution is 2.24. The molecule has 29 heavy (non-hydrogen) atoms. The lowest BCUT2D eigenvalue weighted by Crippen LogP contribution is -2.50. The second kappa shape index (κ2) is 8.78. The molecule has 0 spiro atoms. The molecule has 0 amide bonds. The van der Waals surface area contributed by atoms with E-state index in [0.717, 1.165) is 5.69 Å². The van der Waals surface area contributed by atoms with Gasteiger partial charge in [0, 0.05) is 44.0 Å². The molecule has 2 aromatic rings. The van der Waals surface area contributed by atoms with Gasteiger partial charge >= 0.3 is 5.97 Å². The standard InChI is InChI=1S/C19H20ClN5O4/c1-29-18(26)13-2-7-17(16(20)12-13)22-19(21)24-10-8-23(9-11-24)14-3-5-15(6-4-14)25(27)28/h2-7,12H,8-11H2,1H3,(H2,21,22). The number of carbonyl (C=O) groups excluding carboxylic acids is 1. The van der Waals surface area contributed by atoms with E-state index in [9.17, 15) is 14.9 Å². The number of halogens is 1. The van der Waals surface area contributed by atoms with Crippen LogP contribution >= 0.6 is 11.6 Å². The monoisotopic (exact) mass is 417 g/mol. The number of piperazine rings is 1. The van der Waals surface area contributed by atoms with Crippen LogP contribution in [0.2, 0.25) is 5.02 Å². The minimum absolute atomic E-state index is 0.0634. The van der Waals surface area contributed by atoms with Gasteiger partial charge in [-0.3, -0.25) is 15.5 Å². The molecule has 0 atom stereocenters. The summed E-state index contributed by atoms with van der Waals surface area (Å²) in [5.41, 5.74) is 1.85. The van der Waals surface area contributed by atoms with Crippen molar-refractivity contribution in [2.45, 2.75) is 0 Å². The summed E-state index contributed by atoms with van der Waals surface area (Å²) in [6.07, 6.45) is 0. The largest absolute Gasteiger partial charge is 0.465 e. The van der Waals surface area contributed by atoms with Crippen LogP contribution < -0.4 is 10.2 Å². The second-order valence-electron chi connectivity index (χ2n) is 6.41. The molecule has 1 fully saturated rings. The lowest BCUT2D eigenvalue weighted by molar-refractivity contribution is -0.384. The first-order valence-electron chi connectivity index (χ1n) is 8.87. The van der Waals surface area contributed by atoms with Crippen molar-refractivity contribution in [3.63, 3.8) is 0 Å². The van der Waals surface area contributed by atoms with E-state index in [4.69, 9.17) is 17.0 Å². The fourth-order valence-corrected chi connectivity index (χ4v) is 3.27. The number of hydrogen-bond acceptors (Lipinski definition) is 6. The van der Waals surface area contributed by atoms with Crippen LogP contribution in [0.15, 0.2) is 42.5 Å². The van der Waals surface area contributed by atoms with Crippen LogP contribution in [0, 0.1) is 15.5 Å². The Morgan fingerprint density at radius 1 is 1.17 bits per heavy atom. The maximum atomic E-state index is 11.6. The van der Waals surface area contributed by atoms with Crippen molar-refractivity contribution in [1.29, 1.82) is 5.41 Å². The first kappa shape index (κ1) is 20.4. The molecule has 0 bridgehead atoms. The third-order valence-corrected chi connectivity index (χ3v) is 4.98. The van der Waals surface area contributed by atoms with Gasteiger partial charge in [-0.25, -0.2) is 4.79 Å². The van der Waals surface area contributed by atoms with Gasteiger partial charge in [-0.2, -0.15) is 0 Å². The highest BCUT2D eigenvalue weighted by atomic mass is 35.5. The average molecular weight is 418 g/mol. The molecule has 0 saturated carbocycles. The number of ether oxygens (including phenoxy) is 1. The molecule has 9 nitrogen and oxygen atoms in total. The SMILES string of the molecule is COC(=O)c1ccc(NC(=N)N2CCN(c3ccc([N+](=O)[O-])cc3)CC2)c(Cl)c1. The van der Waals surface area contributed by atoms with E-state index in [-0.39, 0.29) is 11.6 Å². The summed E-state index contributed by atoms with van der Waals surface area (Å²) in [5.74, 6) is -0.267. The number of carbonyl (C=O) groups is 1. The first-order valence-corrected chi connectivity index (χ1v) is 9.24. The summed E-state index contributed by atoms with van der Waals surface area (Å²) in [6.45, 7) is 2.58. The van der Waals surface area contributed by atoms with Crippen LogP contribution in [-0.2, 0) is 4.74 Å². The Morgan fingerprint density at radius 2 is 1.83 bits per heavy atom. The Labute approximate surface area is 172 Å². The van der Waals surface area contributed by atoms with Gasteiger partial charge in [-0.05, 0) is 30.3 Å². The molecule has 3 rings (SSSR count). The fourth-order valence-electron chi connectivity index (χ4n) is 3.04. The number of nitrogens with one attached hydrogen (secondary N) is 2. The van der Waals surface area contributed by atoms with Gasteiger partial charge in [0.25, 0.3) is 5.69 Å². The summed E-state index contributed by atoms with van der Waals surface area (Å²) in [5, 5.41) is 22.4. The lowest BCUT2D eigenvalue weighted by Gasteiger charge is -2.37. The molecule has 0 aliphatic carbocycles. The normalized spacial score (nSPS) is 13.7. The predicted molar refractivity (Wildman–Crippen MR) is 111 cm³/mol. The number of nitro benzene ring substituents is 1. The number of guanidine groups is 1. The fraction of sp³-hybridized carbons (Fsp3) is 0.263. The minimum Gasteiger partial charge on any atom is -0.465 e. The number of non-ortho nitro benzene ring substituents is 1. The Hall–Kier alpha value is -3.33. The number of anilines is 2. The average Bonchev–Trinajstić information content (AvgIpc) is 2.74. The van der Waals surface area contributed by atoms with Crippen LogP contribution in [0.25, 0.3) is 0 Å². The van der Waals surface area contributed by atoms with Gasteiger partial charge in [-0.1, -0.05) is 11.6 Å². The number of hydrogen-bond donors (Lipinski definition) is 2. The maximum absolute atomic E-state index is 11.6. The maximum Gasteiger partial charge on any atom is 0.337 e. The van der Waals surface area contributed by atoms with Gasteiger partial charge < -0.3 is 19.9 Å². The molecule has 1 aliphatic rings. The summed E-state index contributed by atoms with van der Waals surface area (Å²) < 4.78 is 4.67. The number of nitrogens with zero attached hydrogens (tertiary/aromatic N) is 3. The van der Waals surface area contributed by atoms with Gasteiger partial charge in [-0.15, -0.1) is 0 Å². The van der Waals surface area contributed by atoms with Crippen molar-refractivity contribution in [2.24, 2.45) is 0 Å². The molecule has 0 radical (unpaired) electrons. The van der Waals surface area contributed by atoms with Crippen LogP contribution in [0.3, 0.4) is 0 Å². The molecule has 10 heteroatoms. The number of esters is 1. The third-order valence-electron chi connectivity index (χ3n) is 4.66. The van der Waals surface area contributed by atoms with E-state index in [1.54, 1.807) is 24.3 Å². The molecule has 2 aromatic carbocycles. The van der Waals surface area contributed by atoms with E-state index < -0.39 is 10.9 Å². The van der Waals surface area contributed by atoms with Gasteiger partial charge in [0.1, 0.15) is 0 Å². The zero-order chi connectivity index (χ0) is 21.0. The highest BCUT2D eigenvalue weighted by molar-refractivity contribution is 6.34. The van der Waals surface area contributed by atoms with Crippen molar-refractivity contribution in [3.05, 3.63) is 63.2 Å². The number of nitro groups is 1. The molecule has 1 saturated heterocycles. The summed E-state index contributed by atoms with van der Waals surface area (Å²) in [7, 11) is 1.30. The molecule has 2 N–H and O–H groups in total. The van der Waals surface area contributed by atoms with E-state index >= 15 is 0 Å². The zero-order valence-corrected chi connectivity index (χ0v) is 16.5. The Balaban J connectivity index is 1.57. The lowest BCUT2D eigenvalue weighted by atomic mass is 10.2. The highest BCUT2D eigenvalue weighted by Gasteiger charge is 2.20. The Kier molecular flexibility index (Phi) is 6.18. The molecule has 152 valence electrons. The molecular formula is C19H20ClN5O4. The van der Waals surface area contributed by atoms with Crippen molar-refractivity contribution < 1.29 is 14.5 Å². The van der Waals surface area contributed by atoms with E-state index in [1.165, 1.54) is 25.3 Å². The van der Waals surface area contributed by atoms with Crippen molar-refractivity contribution in [1.82, 2.24) is 4.90 Å². The molecule has 1 aliphatic heterocycles. The number of methoxy groups -OCH3 is 1. The molecule has 1 heterocycles. The number of benzene rings is 2. The minimum atomic E-state index is -0.476. The number of rotatable bonds is 4. The zero-order valence-electron chi connectivity index (χ0n) is 15.7. The smallest absolute Gasteiger partial charge is 0.337 e. The van der Waals surface area contributed by atoms with Crippen molar-refractivity contribution in [2.75, 3.05) is 43.5 Å². The van der Waals surface area contributed by atoms with Crippen molar-refractivity contribution in [3.8, 4) is 0 Å². The Bertz CT molecular complexity index is 927. The first-order chi connectivity index (χ1) is 13.9.